The maximum Gasteiger partial charge on any atom is 0.313 e. The molecule has 1 saturated carbocycles. The molecule has 0 radical (unpaired) electrons. The number of aliphatic carboxylic acids is 1. The van der Waals surface area contributed by atoms with Gasteiger partial charge in [0.15, 0.2) is 5.16 Å². The molecule has 0 bridgehead atoms. The van der Waals surface area contributed by atoms with Crippen molar-refractivity contribution < 1.29 is 9.90 Å². The molecule has 1 heterocycles. The first-order valence-corrected chi connectivity index (χ1v) is 8.37. The van der Waals surface area contributed by atoms with E-state index in [0.29, 0.717) is 5.92 Å². The summed E-state index contributed by atoms with van der Waals surface area (Å²) in [4.78, 5) is 10.7. The van der Waals surface area contributed by atoms with E-state index < -0.39 is 5.97 Å². The standard InChI is InChI=1S/C14H23N3O2S/c1-3-5-12-15-16-14(20-9-13(18)19)17(12)8-11-7-4-6-10(11)2/h10-11H,3-9H2,1-2H3,(H,18,19). The minimum atomic E-state index is -0.809. The number of aryl methyl sites for hydroxylation is 1. The number of aromatic nitrogens is 3. The second-order valence-corrected chi connectivity index (χ2v) is 6.55. The molecule has 1 aliphatic rings. The quantitative estimate of drug-likeness (QED) is 0.784. The Morgan fingerprint density at radius 2 is 2.25 bits per heavy atom. The van der Waals surface area contributed by atoms with Gasteiger partial charge in [-0.2, -0.15) is 0 Å². The van der Waals surface area contributed by atoms with Crippen LogP contribution in [0.5, 0.6) is 0 Å². The molecule has 5 nitrogen and oxygen atoms in total. The zero-order valence-corrected chi connectivity index (χ0v) is 13.0. The highest BCUT2D eigenvalue weighted by Crippen LogP contribution is 2.33. The van der Waals surface area contributed by atoms with Crippen LogP contribution in [0.15, 0.2) is 5.16 Å². The number of hydrogen-bond acceptors (Lipinski definition) is 4. The van der Waals surface area contributed by atoms with Crippen LogP contribution in [0.2, 0.25) is 0 Å². The number of thioether (sulfide) groups is 1. The lowest BCUT2D eigenvalue weighted by atomic mass is 9.98. The maximum absolute atomic E-state index is 10.7. The van der Waals surface area contributed by atoms with Gasteiger partial charge in [0.1, 0.15) is 5.82 Å². The zero-order chi connectivity index (χ0) is 14.5. The van der Waals surface area contributed by atoms with Crippen molar-refractivity contribution in [1.29, 1.82) is 0 Å². The SMILES string of the molecule is CCCc1nnc(SCC(=O)O)n1CC1CCCC1C. The van der Waals surface area contributed by atoms with Gasteiger partial charge in [0, 0.05) is 13.0 Å². The van der Waals surface area contributed by atoms with Crippen molar-refractivity contribution in [2.24, 2.45) is 11.8 Å². The third kappa shape index (κ3) is 3.75. The number of rotatable bonds is 7. The predicted octanol–water partition coefficient (Wildman–Crippen LogP) is 2.84. The van der Waals surface area contributed by atoms with Gasteiger partial charge in [0.2, 0.25) is 0 Å². The van der Waals surface area contributed by atoms with E-state index in [1.165, 1.54) is 31.0 Å². The lowest BCUT2D eigenvalue weighted by Crippen LogP contribution is -2.16. The zero-order valence-electron chi connectivity index (χ0n) is 12.2. The fourth-order valence-electron chi connectivity index (χ4n) is 2.87. The van der Waals surface area contributed by atoms with Crippen molar-refractivity contribution in [2.75, 3.05) is 5.75 Å². The van der Waals surface area contributed by atoms with Crippen molar-refractivity contribution in [2.45, 2.75) is 57.7 Å². The fourth-order valence-corrected chi connectivity index (χ4v) is 3.56. The van der Waals surface area contributed by atoms with E-state index in [1.807, 2.05) is 0 Å². The van der Waals surface area contributed by atoms with E-state index in [1.54, 1.807) is 0 Å². The van der Waals surface area contributed by atoms with Crippen LogP contribution in [0.4, 0.5) is 0 Å². The molecule has 20 heavy (non-hydrogen) atoms. The highest BCUT2D eigenvalue weighted by Gasteiger charge is 2.26. The number of carbonyl (C=O) groups is 1. The van der Waals surface area contributed by atoms with Gasteiger partial charge < -0.3 is 9.67 Å². The first-order chi connectivity index (χ1) is 9.61. The van der Waals surface area contributed by atoms with E-state index in [2.05, 4.69) is 28.6 Å². The Bertz CT molecular complexity index is 461. The lowest BCUT2D eigenvalue weighted by Gasteiger charge is -2.18. The Morgan fingerprint density at radius 1 is 1.45 bits per heavy atom. The molecule has 0 amide bonds. The topological polar surface area (TPSA) is 68.0 Å². The molecule has 0 saturated heterocycles. The van der Waals surface area contributed by atoms with Gasteiger partial charge in [-0.1, -0.05) is 38.5 Å². The lowest BCUT2D eigenvalue weighted by molar-refractivity contribution is -0.133. The Balaban J connectivity index is 2.13. The van der Waals surface area contributed by atoms with Gasteiger partial charge in [0.25, 0.3) is 0 Å². The molecule has 1 aromatic rings. The van der Waals surface area contributed by atoms with E-state index in [0.717, 1.165) is 36.3 Å². The van der Waals surface area contributed by atoms with E-state index in [-0.39, 0.29) is 5.75 Å². The van der Waals surface area contributed by atoms with Crippen LogP contribution in [0.25, 0.3) is 0 Å². The molecule has 112 valence electrons. The van der Waals surface area contributed by atoms with E-state index in [9.17, 15) is 4.79 Å². The molecule has 2 atom stereocenters. The highest BCUT2D eigenvalue weighted by molar-refractivity contribution is 7.99. The van der Waals surface area contributed by atoms with Gasteiger partial charge in [-0.05, 0) is 24.7 Å². The number of carboxylic acid groups (broad SMARTS) is 1. The average Bonchev–Trinajstić information content (AvgIpc) is 2.97. The number of carboxylic acids is 1. The van der Waals surface area contributed by atoms with Gasteiger partial charge >= 0.3 is 5.97 Å². The summed E-state index contributed by atoms with van der Waals surface area (Å²) < 4.78 is 2.16. The van der Waals surface area contributed by atoms with E-state index in [4.69, 9.17) is 5.11 Å². The van der Waals surface area contributed by atoms with Gasteiger partial charge in [0.05, 0.1) is 5.75 Å². The summed E-state index contributed by atoms with van der Waals surface area (Å²) in [5.41, 5.74) is 0. The summed E-state index contributed by atoms with van der Waals surface area (Å²) in [7, 11) is 0. The van der Waals surface area contributed by atoms with Crippen LogP contribution in [-0.4, -0.2) is 31.6 Å². The molecule has 0 aliphatic heterocycles. The molecule has 0 spiro atoms. The normalized spacial score (nSPS) is 22.3. The van der Waals surface area contributed by atoms with Crippen LogP contribution in [0, 0.1) is 11.8 Å². The predicted molar refractivity (Wildman–Crippen MR) is 78.9 cm³/mol. The summed E-state index contributed by atoms with van der Waals surface area (Å²) >= 11 is 1.28. The summed E-state index contributed by atoms with van der Waals surface area (Å²) in [6, 6.07) is 0. The van der Waals surface area contributed by atoms with Gasteiger partial charge in [-0.3, -0.25) is 4.79 Å². The maximum atomic E-state index is 10.7. The van der Waals surface area contributed by atoms with Crippen molar-refractivity contribution in [3.63, 3.8) is 0 Å². The summed E-state index contributed by atoms with van der Waals surface area (Å²) in [5.74, 6) is 1.65. The molecule has 0 aromatic carbocycles. The third-order valence-electron chi connectivity index (χ3n) is 4.05. The van der Waals surface area contributed by atoms with Crippen LogP contribution in [0.3, 0.4) is 0 Å². The van der Waals surface area contributed by atoms with Crippen molar-refractivity contribution in [1.82, 2.24) is 14.8 Å². The molecular weight excluding hydrogens is 274 g/mol. The fraction of sp³-hybridized carbons (Fsp3) is 0.786. The van der Waals surface area contributed by atoms with E-state index >= 15 is 0 Å². The molecule has 2 unspecified atom stereocenters. The van der Waals surface area contributed by atoms with Crippen LogP contribution in [0.1, 0.15) is 45.4 Å². The number of nitrogens with zero attached hydrogens (tertiary/aromatic N) is 3. The molecule has 6 heteroatoms. The van der Waals surface area contributed by atoms with Crippen molar-refractivity contribution >= 4 is 17.7 Å². The Kier molecular flexibility index (Phi) is 5.46. The third-order valence-corrected chi connectivity index (χ3v) is 5.00. The Labute approximate surface area is 124 Å². The molecular formula is C14H23N3O2S. The van der Waals surface area contributed by atoms with Crippen LogP contribution < -0.4 is 0 Å². The monoisotopic (exact) mass is 297 g/mol. The molecule has 2 rings (SSSR count). The van der Waals surface area contributed by atoms with Crippen molar-refractivity contribution in [3.8, 4) is 0 Å². The average molecular weight is 297 g/mol. The second kappa shape index (κ2) is 7.11. The second-order valence-electron chi connectivity index (χ2n) is 5.61. The minimum absolute atomic E-state index is 0.0461. The molecule has 1 fully saturated rings. The van der Waals surface area contributed by atoms with Gasteiger partial charge in [-0.25, -0.2) is 0 Å². The Hall–Kier alpha value is -1.04. The summed E-state index contributed by atoms with van der Waals surface area (Å²) in [6.45, 7) is 5.37. The number of hydrogen-bond donors (Lipinski definition) is 1. The van der Waals surface area contributed by atoms with Crippen LogP contribution in [-0.2, 0) is 17.8 Å². The Morgan fingerprint density at radius 3 is 2.85 bits per heavy atom. The molecule has 1 aliphatic carbocycles. The van der Waals surface area contributed by atoms with Gasteiger partial charge in [-0.15, -0.1) is 10.2 Å². The largest absolute Gasteiger partial charge is 0.481 e. The molecule has 1 aromatic heterocycles. The van der Waals surface area contributed by atoms with Crippen LogP contribution >= 0.6 is 11.8 Å². The van der Waals surface area contributed by atoms with Crippen molar-refractivity contribution in [3.05, 3.63) is 5.82 Å². The minimum Gasteiger partial charge on any atom is -0.481 e. The molecule has 1 N–H and O–H groups in total. The highest BCUT2D eigenvalue weighted by atomic mass is 32.2. The summed E-state index contributed by atoms with van der Waals surface area (Å²) in [6.07, 6.45) is 5.79. The first-order valence-electron chi connectivity index (χ1n) is 7.38. The first kappa shape index (κ1) is 15.4. The summed E-state index contributed by atoms with van der Waals surface area (Å²) in [5, 5.41) is 18.0. The smallest absolute Gasteiger partial charge is 0.313 e.